The fourth-order valence-corrected chi connectivity index (χ4v) is 3.47. The van der Waals surface area contributed by atoms with Crippen LogP contribution < -0.4 is 5.32 Å². The van der Waals surface area contributed by atoms with Crippen LogP contribution in [-0.2, 0) is 11.3 Å². The van der Waals surface area contributed by atoms with Crippen molar-refractivity contribution in [1.29, 1.82) is 0 Å². The molecule has 1 fully saturated rings. The first-order valence-electron chi connectivity index (χ1n) is 7.61. The Morgan fingerprint density at radius 1 is 1.45 bits per heavy atom. The maximum atomic E-state index is 12.8. The number of carbonyl (C=O) groups excluding carboxylic acids is 1. The van der Waals surface area contributed by atoms with Gasteiger partial charge in [-0.3, -0.25) is 9.48 Å². The summed E-state index contributed by atoms with van der Waals surface area (Å²) in [7, 11) is 0. The quantitative estimate of drug-likeness (QED) is 0.866. The smallest absolute Gasteiger partial charge is 0.283 e. The number of nitrogens with zero attached hydrogens (tertiary/aromatic N) is 2. The predicted molar refractivity (Wildman–Crippen MR) is 83.7 cm³/mol. The first-order valence-corrected chi connectivity index (χ1v) is 8.40. The van der Waals surface area contributed by atoms with Gasteiger partial charge < -0.3 is 5.32 Å². The van der Waals surface area contributed by atoms with Crippen LogP contribution in [0.15, 0.2) is 4.47 Å². The molecule has 1 heterocycles. The highest BCUT2D eigenvalue weighted by atomic mass is 79.9. The molecule has 22 heavy (non-hydrogen) atoms. The highest BCUT2D eigenvalue weighted by Gasteiger charge is 2.28. The van der Waals surface area contributed by atoms with E-state index in [2.05, 4.69) is 40.2 Å². The molecule has 0 unspecified atom stereocenters. The second kappa shape index (κ2) is 7.06. The Labute approximate surface area is 137 Å². The summed E-state index contributed by atoms with van der Waals surface area (Å²) >= 11 is 3.11. The SMILES string of the molecule is Cc1c(Br)c(C(F)F)nn1CC(=O)N[C@@H]1CCC[C@H](C)[C@@H]1C. The lowest BCUT2D eigenvalue weighted by Crippen LogP contribution is -2.45. The van der Waals surface area contributed by atoms with Crippen LogP contribution in [0.4, 0.5) is 8.78 Å². The van der Waals surface area contributed by atoms with E-state index in [4.69, 9.17) is 0 Å². The molecule has 0 bridgehead atoms. The van der Waals surface area contributed by atoms with E-state index >= 15 is 0 Å². The number of halogens is 3. The average molecular weight is 378 g/mol. The molecule has 1 N–H and O–H groups in total. The van der Waals surface area contributed by atoms with Crippen molar-refractivity contribution in [2.75, 3.05) is 0 Å². The minimum atomic E-state index is -2.66. The Morgan fingerprint density at radius 3 is 2.73 bits per heavy atom. The molecule has 2 rings (SSSR count). The molecule has 3 atom stereocenters. The molecule has 4 nitrogen and oxygen atoms in total. The molecule has 0 aromatic carbocycles. The molecule has 1 aromatic rings. The normalized spacial score (nSPS) is 25.5. The molecule has 1 aliphatic rings. The molecular formula is C15H22BrF2N3O. The van der Waals surface area contributed by atoms with Gasteiger partial charge >= 0.3 is 0 Å². The largest absolute Gasteiger partial charge is 0.351 e. The van der Waals surface area contributed by atoms with Crippen molar-refractivity contribution in [2.45, 2.75) is 59.0 Å². The third-order valence-corrected chi connectivity index (χ3v) is 5.69. The van der Waals surface area contributed by atoms with Crippen LogP contribution in [0.5, 0.6) is 0 Å². The lowest BCUT2D eigenvalue weighted by Gasteiger charge is -2.34. The van der Waals surface area contributed by atoms with Crippen LogP contribution in [-0.4, -0.2) is 21.7 Å². The van der Waals surface area contributed by atoms with Gasteiger partial charge in [0.2, 0.25) is 5.91 Å². The summed E-state index contributed by atoms with van der Waals surface area (Å²) in [4.78, 5) is 12.2. The third kappa shape index (κ3) is 3.67. The summed E-state index contributed by atoms with van der Waals surface area (Å²) in [5, 5.41) is 6.86. The molecule has 0 radical (unpaired) electrons. The van der Waals surface area contributed by atoms with E-state index in [1.54, 1.807) is 6.92 Å². The Balaban J connectivity index is 2.02. The van der Waals surface area contributed by atoms with Crippen molar-refractivity contribution < 1.29 is 13.6 Å². The van der Waals surface area contributed by atoms with Crippen molar-refractivity contribution in [3.05, 3.63) is 15.9 Å². The van der Waals surface area contributed by atoms with E-state index in [1.165, 1.54) is 11.1 Å². The summed E-state index contributed by atoms with van der Waals surface area (Å²) in [6.45, 7) is 5.99. The number of amides is 1. The monoisotopic (exact) mass is 377 g/mol. The number of nitrogens with one attached hydrogen (secondary N) is 1. The van der Waals surface area contributed by atoms with Crippen LogP contribution in [0, 0.1) is 18.8 Å². The van der Waals surface area contributed by atoms with Gasteiger partial charge in [0.25, 0.3) is 6.43 Å². The summed E-state index contributed by atoms with van der Waals surface area (Å²) in [6, 6.07) is 0.158. The predicted octanol–water partition coefficient (Wildman–Crippen LogP) is 3.83. The van der Waals surface area contributed by atoms with E-state index < -0.39 is 6.43 Å². The van der Waals surface area contributed by atoms with Crippen LogP contribution >= 0.6 is 15.9 Å². The first-order chi connectivity index (χ1) is 10.3. The number of rotatable bonds is 4. The zero-order chi connectivity index (χ0) is 16.4. The van der Waals surface area contributed by atoms with Gasteiger partial charge in [-0.05, 0) is 41.1 Å². The Hall–Kier alpha value is -0.980. The topological polar surface area (TPSA) is 46.9 Å². The lowest BCUT2D eigenvalue weighted by molar-refractivity contribution is -0.123. The van der Waals surface area contributed by atoms with E-state index in [9.17, 15) is 13.6 Å². The lowest BCUT2D eigenvalue weighted by atomic mass is 9.78. The molecule has 124 valence electrons. The van der Waals surface area contributed by atoms with Gasteiger partial charge in [-0.1, -0.05) is 26.7 Å². The number of alkyl halides is 2. The molecule has 1 aliphatic carbocycles. The highest BCUT2D eigenvalue weighted by molar-refractivity contribution is 9.10. The average Bonchev–Trinajstić information content (AvgIpc) is 2.72. The van der Waals surface area contributed by atoms with E-state index in [0.717, 1.165) is 12.8 Å². The summed E-state index contributed by atoms with van der Waals surface area (Å²) < 4.78 is 27.2. The molecular weight excluding hydrogens is 356 g/mol. The summed E-state index contributed by atoms with van der Waals surface area (Å²) in [6.07, 6.45) is 0.618. The number of carbonyl (C=O) groups is 1. The van der Waals surface area contributed by atoms with Crippen molar-refractivity contribution in [1.82, 2.24) is 15.1 Å². The van der Waals surface area contributed by atoms with Gasteiger partial charge in [-0.15, -0.1) is 0 Å². The Bertz CT molecular complexity index is 547. The van der Waals surface area contributed by atoms with Crippen molar-refractivity contribution in [3.63, 3.8) is 0 Å². The van der Waals surface area contributed by atoms with Gasteiger partial charge in [-0.25, -0.2) is 8.78 Å². The Kier molecular flexibility index (Phi) is 5.58. The molecule has 0 spiro atoms. The fraction of sp³-hybridized carbons (Fsp3) is 0.733. The van der Waals surface area contributed by atoms with E-state index in [0.29, 0.717) is 17.5 Å². The highest BCUT2D eigenvalue weighted by Crippen LogP contribution is 2.30. The minimum Gasteiger partial charge on any atom is -0.351 e. The first kappa shape index (κ1) is 17.4. The maximum absolute atomic E-state index is 12.8. The zero-order valence-corrected chi connectivity index (χ0v) is 14.7. The number of aromatic nitrogens is 2. The summed E-state index contributed by atoms with van der Waals surface area (Å²) in [5.74, 6) is 0.842. The van der Waals surface area contributed by atoms with Crippen LogP contribution in [0.25, 0.3) is 0 Å². The van der Waals surface area contributed by atoms with Crippen molar-refractivity contribution in [2.24, 2.45) is 11.8 Å². The van der Waals surface area contributed by atoms with E-state index in [-0.39, 0.29) is 28.7 Å². The van der Waals surface area contributed by atoms with Crippen molar-refractivity contribution in [3.8, 4) is 0 Å². The van der Waals surface area contributed by atoms with Crippen molar-refractivity contribution >= 4 is 21.8 Å². The van der Waals surface area contributed by atoms with Gasteiger partial charge in [0, 0.05) is 6.04 Å². The maximum Gasteiger partial charge on any atom is 0.283 e. The zero-order valence-electron chi connectivity index (χ0n) is 13.1. The van der Waals surface area contributed by atoms with Gasteiger partial charge in [0.15, 0.2) is 0 Å². The summed E-state index contributed by atoms with van der Waals surface area (Å²) in [5.41, 5.74) is 0.223. The number of hydrogen-bond acceptors (Lipinski definition) is 2. The second-order valence-electron chi connectivity index (χ2n) is 6.18. The molecule has 7 heteroatoms. The van der Waals surface area contributed by atoms with E-state index in [1.807, 2.05) is 0 Å². The fourth-order valence-electron chi connectivity index (χ4n) is 3.02. The molecule has 1 aromatic heterocycles. The van der Waals surface area contributed by atoms with Crippen LogP contribution in [0.2, 0.25) is 0 Å². The van der Waals surface area contributed by atoms with Gasteiger partial charge in [0.1, 0.15) is 12.2 Å². The molecule has 1 saturated carbocycles. The Morgan fingerprint density at radius 2 is 2.14 bits per heavy atom. The van der Waals surface area contributed by atoms with Crippen LogP contribution in [0.1, 0.15) is 50.9 Å². The molecule has 1 amide bonds. The van der Waals surface area contributed by atoms with Gasteiger partial charge in [0.05, 0.1) is 10.2 Å². The molecule has 0 saturated heterocycles. The number of hydrogen-bond donors (Lipinski definition) is 1. The third-order valence-electron chi connectivity index (χ3n) is 4.71. The standard InChI is InChI=1S/C15H22BrF2N3O/c1-8-5-4-6-11(9(8)2)19-12(22)7-21-10(3)13(16)14(20-21)15(17)18/h8-9,11,15H,4-7H2,1-3H3,(H,19,22)/t8-,9-,11+/m0/s1. The second-order valence-corrected chi connectivity index (χ2v) is 6.98. The minimum absolute atomic E-state index is 0.0330. The van der Waals surface area contributed by atoms with Gasteiger partial charge in [-0.2, -0.15) is 5.10 Å². The van der Waals surface area contributed by atoms with Crippen LogP contribution in [0.3, 0.4) is 0 Å². The molecule has 0 aliphatic heterocycles.